The van der Waals surface area contributed by atoms with Gasteiger partial charge in [0.05, 0.1) is 0 Å². The van der Waals surface area contributed by atoms with Crippen LogP contribution in [0.25, 0.3) is 88.0 Å². The van der Waals surface area contributed by atoms with Crippen molar-refractivity contribution in [2.45, 2.75) is 0 Å². The highest BCUT2D eigenvalue weighted by atomic mass is 14.2. The van der Waals surface area contributed by atoms with Crippen molar-refractivity contribution in [2.75, 3.05) is 0 Å². The molecule has 0 N–H and O–H groups in total. The van der Waals surface area contributed by atoms with Gasteiger partial charge in [0.25, 0.3) is 0 Å². The van der Waals surface area contributed by atoms with Crippen molar-refractivity contribution >= 4 is 32.3 Å². The Bertz CT molecular complexity index is 2540. The molecule has 9 rings (SSSR count). The molecule has 0 bridgehead atoms. The van der Waals surface area contributed by atoms with Crippen molar-refractivity contribution in [3.8, 4) is 55.6 Å². The molecule has 0 saturated heterocycles. The Kier molecular flexibility index (Phi) is 6.91. The monoisotopic (exact) mass is 608 g/mol. The summed E-state index contributed by atoms with van der Waals surface area (Å²) in [6.07, 6.45) is 0. The highest BCUT2D eigenvalue weighted by Gasteiger charge is 2.17. The van der Waals surface area contributed by atoms with Crippen LogP contribution in [-0.4, -0.2) is 0 Å². The van der Waals surface area contributed by atoms with Crippen molar-refractivity contribution in [3.05, 3.63) is 194 Å². The lowest BCUT2D eigenvalue weighted by atomic mass is 9.85. The molecule has 9 aromatic rings. The summed E-state index contributed by atoms with van der Waals surface area (Å²) in [5, 5.41) is 7.58. The predicted molar refractivity (Wildman–Crippen MR) is 206 cm³/mol. The molecule has 0 aromatic heterocycles. The van der Waals surface area contributed by atoms with Gasteiger partial charge in [-0.15, -0.1) is 0 Å². The molecule has 0 nitrogen and oxygen atoms in total. The number of hydrogen-bond donors (Lipinski definition) is 0. The van der Waals surface area contributed by atoms with Gasteiger partial charge in [0.2, 0.25) is 0 Å². The second-order valence-corrected chi connectivity index (χ2v) is 12.5. The minimum Gasteiger partial charge on any atom is -0.0622 e. The molecule has 0 unspecified atom stereocenters. The first-order valence-corrected chi connectivity index (χ1v) is 16.6. The topological polar surface area (TPSA) is 0 Å². The smallest absolute Gasteiger partial charge is 0.00261 e. The van der Waals surface area contributed by atoms with Gasteiger partial charge < -0.3 is 0 Å². The van der Waals surface area contributed by atoms with Gasteiger partial charge in [-0.3, -0.25) is 0 Å². The van der Waals surface area contributed by atoms with Crippen molar-refractivity contribution in [1.82, 2.24) is 0 Å². The maximum absolute atomic E-state index is 2.41. The number of rotatable bonds is 5. The van der Waals surface area contributed by atoms with Crippen molar-refractivity contribution in [3.63, 3.8) is 0 Å². The van der Waals surface area contributed by atoms with Crippen LogP contribution in [0.5, 0.6) is 0 Å². The fourth-order valence-electron chi connectivity index (χ4n) is 7.41. The molecular formula is C48H32. The summed E-state index contributed by atoms with van der Waals surface area (Å²) in [4.78, 5) is 0. The van der Waals surface area contributed by atoms with Crippen molar-refractivity contribution in [1.29, 1.82) is 0 Å². The fraction of sp³-hybridized carbons (Fsp3) is 0. The highest BCUT2D eigenvalue weighted by Crippen LogP contribution is 2.44. The van der Waals surface area contributed by atoms with Crippen LogP contribution in [0.3, 0.4) is 0 Å². The van der Waals surface area contributed by atoms with Gasteiger partial charge in [-0.2, -0.15) is 0 Å². The predicted octanol–water partition coefficient (Wildman–Crippen LogP) is 13.5. The highest BCUT2D eigenvalue weighted by molar-refractivity contribution is 6.22. The zero-order chi connectivity index (χ0) is 31.9. The quantitative estimate of drug-likeness (QED) is 0.171. The Hall–Kier alpha value is -6.24. The molecule has 224 valence electrons. The Morgan fingerprint density at radius 1 is 0.208 bits per heavy atom. The number of hydrogen-bond acceptors (Lipinski definition) is 0. The van der Waals surface area contributed by atoms with Gasteiger partial charge in [-0.25, -0.2) is 0 Å². The third kappa shape index (κ3) is 4.87. The molecule has 0 aliphatic rings. The summed E-state index contributed by atoms with van der Waals surface area (Å²) in [6, 6.07) is 70.7. The van der Waals surface area contributed by atoms with Crippen LogP contribution in [0.2, 0.25) is 0 Å². The lowest BCUT2D eigenvalue weighted by Gasteiger charge is -2.18. The Balaban J connectivity index is 1.22. The first-order valence-electron chi connectivity index (χ1n) is 16.6. The van der Waals surface area contributed by atoms with E-state index in [9.17, 15) is 0 Å². The fourth-order valence-corrected chi connectivity index (χ4v) is 7.41. The van der Waals surface area contributed by atoms with Crippen LogP contribution in [0.15, 0.2) is 194 Å². The van der Waals surface area contributed by atoms with E-state index in [1.54, 1.807) is 0 Å². The lowest BCUT2D eigenvalue weighted by molar-refractivity contribution is 1.58. The molecule has 0 fully saturated rings. The number of fused-ring (bicyclic) bond motifs is 3. The van der Waals surface area contributed by atoms with Crippen LogP contribution in [0.4, 0.5) is 0 Å². The van der Waals surface area contributed by atoms with Crippen LogP contribution in [0, 0.1) is 0 Å². The Labute approximate surface area is 281 Å². The molecule has 9 aromatic carbocycles. The lowest BCUT2D eigenvalue weighted by Crippen LogP contribution is -1.91. The molecular weight excluding hydrogens is 577 g/mol. The minimum atomic E-state index is 1.21. The van der Waals surface area contributed by atoms with E-state index in [0.717, 1.165) is 0 Å². The summed E-state index contributed by atoms with van der Waals surface area (Å²) in [5.74, 6) is 0. The second-order valence-electron chi connectivity index (χ2n) is 12.5. The maximum Gasteiger partial charge on any atom is -0.00261 e. The standard InChI is InChI=1S/C48H32/c1-3-14-33(15-4-1)36-19-11-20-37(30-36)38-21-12-22-39(31-38)41-27-13-18-34-28-29-40(32-46(34)41)48-44-25-9-7-23-42(44)47(35-16-5-2-6-17-35)43-24-8-10-26-45(43)48/h1-32H. The van der Waals surface area contributed by atoms with E-state index in [-0.39, 0.29) is 0 Å². The number of benzene rings is 9. The molecule has 0 aliphatic carbocycles. The molecule has 0 spiro atoms. The molecule has 48 heavy (non-hydrogen) atoms. The van der Waals surface area contributed by atoms with Crippen molar-refractivity contribution < 1.29 is 0 Å². The van der Waals surface area contributed by atoms with Crippen LogP contribution in [-0.2, 0) is 0 Å². The second kappa shape index (κ2) is 11.8. The largest absolute Gasteiger partial charge is 0.0622 e. The van der Waals surface area contributed by atoms with Gasteiger partial charge in [0.15, 0.2) is 0 Å². The van der Waals surface area contributed by atoms with E-state index in [0.29, 0.717) is 0 Å². The molecule has 0 heterocycles. The molecule has 0 aliphatic heterocycles. The molecule has 0 radical (unpaired) electrons. The zero-order valence-corrected chi connectivity index (χ0v) is 26.5. The summed E-state index contributed by atoms with van der Waals surface area (Å²) in [7, 11) is 0. The first kappa shape index (κ1) is 28.0. The summed E-state index contributed by atoms with van der Waals surface area (Å²) in [6.45, 7) is 0. The van der Waals surface area contributed by atoms with E-state index in [4.69, 9.17) is 0 Å². The molecule has 0 heteroatoms. The molecule has 0 amide bonds. The van der Waals surface area contributed by atoms with E-state index < -0.39 is 0 Å². The normalized spacial score (nSPS) is 11.3. The van der Waals surface area contributed by atoms with Gasteiger partial charge in [-0.05, 0) is 106 Å². The van der Waals surface area contributed by atoms with E-state index in [1.165, 1.54) is 88.0 Å². The van der Waals surface area contributed by atoms with Crippen LogP contribution in [0.1, 0.15) is 0 Å². The Morgan fingerprint density at radius 2 is 0.646 bits per heavy atom. The van der Waals surface area contributed by atoms with Gasteiger partial charge in [0, 0.05) is 0 Å². The first-order chi connectivity index (χ1) is 23.8. The summed E-state index contributed by atoms with van der Waals surface area (Å²) in [5.41, 5.74) is 12.4. The maximum atomic E-state index is 2.41. The van der Waals surface area contributed by atoms with E-state index >= 15 is 0 Å². The summed E-state index contributed by atoms with van der Waals surface area (Å²) >= 11 is 0. The average Bonchev–Trinajstić information content (AvgIpc) is 3.17. The van der Waals surface area contributed by atoms with Gasteiger partial charge >= 0.3 is 0 Å². The van der Waals surface area contributed by atoms with Crippen LogP contribution < -0.4 is 0 Å². The average molecular weight is 609 g/mol. The Morgan fingerprint density at radius 3 is 1.25 bits per heavy atom. The SMILES string of the molecule is c1ccc(-c2cccc(-c3cccc(-c4cccc5ccc(-c6c7ccccc7c(-c7ccccc7)c7ccccc67)cc45)c3)c2)cc1. The van der Waals surface area contributed by atoms with Crippen LogP contribution >= 0.6 is 0 Å². The zero-order valence-electron chi connectivity index (χ0n) is 26.5. The van der Waals surface area contributed by atoms with E-state index in [2.05, 4.69) is 194 Å². The van der Waals surface area contributed by atoms with Gasteiger partial charge in [-0.1, -0.05) is 176 Å². The third-order valence-electron chi connectivity index (χ3n) is 9.64. The van der Waals surface area contributed by atoms with Gasteiger partial charge in [0.1, 0.15) is 0 Å². The summed E-state index contributed by atoms with van der Waals surface area (Å²) < 4.78 is 0. The van der Waals surface area contributed by atoms with Crippen molar-refractivity contribution in [2.24, 2.45) is 0 Å². The minimum absolute atomic E-state index is 1.21. The van der Waals surface area contributed by atoms with E-state index in [1.807, 2.05) is 0 Å². The molecule has 0 saturated carbocycles. The third-order valence-corrected chi connectivity index (χ3v) is 9.64. The molecule has 0 atom stereocenters.